The number of unbranched alkanes of at least 4 members (excludes halogenated alkanes) is 9. The number of aromatic nitrogens is 4. The molecule has 11 heteroatoms. The van der Waals surface area contributed by atoms with Gasteiger partial charge in [-0.15, -0.1) is 6.42 Å². The third kappa shape index (κ3) is 8.45. The molecule has 40 heavy (non-hydrogen) atoms. The average Bonchev–Trinajstić information content (AvgIpc) is 3.50. The molecule has 2 N–H and O–H groups in total. The summed E-state index contributed by atoms with van der Waals surface area (Å²) in [5, 5.41) is 13.4. The molecule has 1 amide bonds. The number of amides is 1. The molecule has 1 aliphatic heterocycles. The molecule has 1 saturated heterocycles. The molecular weight excluding hydrogens is 517 g/mol. The first-order valence-electron chi connectivity index (χ1n) is 14.5. The molecule has 3 heterocycles. The van der Waals surface area contributed by atoms with Crippen LogP contribution in [0.5, 0.6) is 0 Å². The van der Waals surface area contributed by atoms with E-state index >= 15 is 0 Å². The van der Waals surface area contributed by atoms with Crippen LogP contribution in [0.15, 0.2) is 6.33 Å². The van der Waals surface area contributed by atoms with Gasteiger partial charge in [0.1, 0.15) is 18.9 Å². The summed E-state index contributed by atoms with van der Waals surface area (Å²) in [7, 11) is 0. The molecule has 3 atom stereocenters. The lowest BCUT2D eigenvalue weighted by Crippen LogP contribution is -2.43. The Hall–Kier alpha value is -3.10. The molecule has 0 saturated carbocycles. The minimum Gasteiger partial charge on any atom is -0.461 e. The van der Waals surface area contributed by atoms with E-state index in [2.05, 4.69) is 40.0 Å². The second kappa shape index (κ2) is 15.6. The SMILES string of the molecule is C#C[C@]1(COC(=O)CCCCCC)O[C@@H](n2cnc3c(NC(=O)CCCCCCCCC)nc(F)nc32)C[C@@H]1O. The smallest absolute Gasteiger partial charge is 0.312 e. The van der Waals surface area contributed by atoms with Crippen LogP contribution in [-0.2, 0) is 19.1 Å². The highest BCUT2D eigenvalue weighted by molar-refractivity contribution is 5.96. The number of rotatable bonds is 17. The lowest BCUT2D eigenvalue weighted by molar-refractivity contribution is -0.156. The molecule has 10 nitrogen and oxygen atoms in total. The molecule has 0 radical (unpaired) electrons. The van der Waals surface area contributed by atoms with Crippen molar-refractivity contribution in [2.45, 2.75) is 122 Å². The van der Waals surface area contributed by atoms with Gasteiger partial charge >= 0.3 is 12.0 Å². The van der Waals surface area contributed by atoms with Crippen molar-refractivity contribution in [3.8, 4) is 12.3 Å². The van der Waals surface area contributed by atoms with Gasteiger partial charge in [-0.2, -0.15) is 14.4 Å². The summed E-state index contributed by atoms with van der Waals surface area (Å²) in [6.07, 6.45) is 15.9. The number of esters is 1. The van der Waals surface area contributed by atoms with Crippen molar-refractivity contribution < 1.29 is 28.6 Å². The maximum absolute atomic E-state index is 14.4. The molecule has 0 spiro atoms. The zero-order valence-corrected chi connectivity index (χ0v) is 23.7. The number of aliphatic hydroxyl groups is 1. The van der Waals surface area contributed by atoms with Crippen LogP contribution < -0.4 is 5.32 Å². The minimum atomic E-state index is -1.57. The van der Waals surface area contributed by atoms with Gasteiger partial charge in [-0.05, 0) is 12.8 Å². The van der Waals surface area contributed by atoms with Gasteiger partial charge in [0.2, 0.25) is 5.91 Å². The maximum atomic E-state index is 14.4. The first-order chi connectivity index (χ1) is 19.3. The number of ether oxygens (including phenoxy) is 2. The highest BCUT2D eigenvalue weighted by atomic mass is 19.1. The number of nitrogens with zero attached hydrogens (tertiary/aromatic N) is 4. The Morgan fingerprint density at radius 2 is 1.77 bits per heavy atom. The summed E-state index contributed by atoms with van der Waals surface area (Å²) in [5.74, 6) is 1.71. The van der Waals surface area contributed by atoms with E-state index in [-0.39, 0.29) is 42.3 Å². The van der Waals surface area contributed by atoms with E-state index in [1.165, 1.54) is 30.2 Å². The van der Waals surface area contributed by atoms with Gasteiger partial charge in [-0.1, -0.05) is 77.6 Å². The highest BCUT2D eigenvalue weighted by Gasteiger charge is 2.49. The van der Waals surface area contributed by atoms with Crippen LogP contribution in [0.3, 0.4) is 0 Å². The molecule has 0 aromatic carbocycles. The van der Waals surface area contributed by atoms with Gasteiger partial charge in [-0.3, -0.25) is 14.2 Å². The number of fused-ring (bicyclic) bond motifs is 1. The fraction of sp³-hybridized carbons (Fsp3) is 0.690. The Labute approximate surface area is 235 Å². The number of nitrogens with one attached hydrogen (secondary N) is 1. The van der Waals surface area contributed by atoms with Gasteiger partial charge < -0.3 is 19.9 Å². The highest BCUT2D eigenvalue weighted by Crippen LogP contribution is 2.38. The molecule has 1 fully saturated rings. The number of terminal acetylenes is 1. The molecule has 0 aliphatic carbocycles. The van der Waals surface area contributed by atoms with Crippen molar-refractivity contribution in [3.05, 3.63) is 12.4 Å². The standard InChI is InChI=1S/C29H42FN5O5/c1-4-7-9-11-12-13-14-16-22(37)32-26-25-27(34-28(30)33-26)35(20-31-25)23-18-21(36)29(6-3,40-23)19-39-24(38)17-15-10-8-5-2/h3,20-21,23,36H,4-5,7-19H2,1-2H3,(H,32,33,34,37)/t21-,23+,29+/m0/s1. The molecule has 220 valence electrons. The summed E-state index contributed by atoms with van der Waals surface area (Å²) >= 11 is 0. The lowest BCUT2D eigenvalue weighted by Gasteiger charge is -2.26. The summed E-state index contributed by atoms with van der Waals surface area (Å²) in [6.45, 7) is 3.94. The second-order valence-electron chi connectivity index (χ2n) is 10.4. The summed E-state index contributed by atoms with van der Waals surface area (Å²) < 4.78 is 27.2. The number of carbonyl (C=O) groups is 2. The molecule has 1 aliphatic rings. The first kappa shape index (κ1) is 31.4. The minimum absolute atomic E-state index is 0.0343. The van der Waals surface area contributed by atoms with Gasteiger partial charge in [0, 0.05) is 19.3 Å². The van der Waals surface area contributed by atoms with Crippen LogP contribution in [0.2, 0.25) is 0 Å². The number of aliphatic hydroxyl groups excluding tert-OH is 1. The molecule has 0 bridgehead atoms. The number of hydrogen-bond donors (Lipinski definition) is 2. The number of carbonyl (C=O) groups excluding carboxylic acids is 2. The maximum Gasteiger partial charge on any atom is 0.312 e. The van der Waals surface area contributed by atoms with Gasteiger partial charge in [0.25, 0.3) is 0 Å². The Balaban J connectivity index is 1.62. The molecule has 0 unspecified atom stereocenters. The van der Waals surface area contributed by atoms with Crippen molar-refractivity contribution in [1.29, 1.82) is 0 Å². The topological polar surface area (TPSA) is 128 Å². The predicted octanol–water partition coefficient (Wildman–Crippen LogP) is 5.21. The predicted molar refractivity (Wildman–Crippen MR) is 149 cm³/mol. The van der Waals surface area contributed by atoms with E-state index in [1.807, 2.05) is 0 Å². The van der Waals surface area contributed by atoms with E-state index in [9.17, 15) is 19.1 Å². The van der Waals surface area contributed by atoms with Crippen molar-refractivity contribution in [2.24, 2.45) is 0 Å². The zero-order chi connectivity index (χ0) is 29.0. The van der Waals surface area contributed by atoms with Crippen molar-refractivity contribution in [3.63, 3.8) is 0 Å². The molecule has 3 rings (SSSR count). The quantitative estimate of drug-likeness (QED) is 0.117. The number of anilines is 1. The third-order valence-corrected chi connectivity index (χ3v) is 7.21. The summed E-state index contributed by atoms with van der Waals surface area (Å²) in [6, 6.07) is 0. The van der Waals surface area contributed by atoms with Crippen LogP contribution in [-0.4, -0.2) is 54.8 Å². The Morgan fingerprint density at radius 3 is 2.48 bits per heavy atom. The van der Waals surface area contributed by atoms with Crippen LogP contribution in [0.1, 0.15) is 110 Å². The normalized spacial score (nSPS) is 20.5. The van der Waals surface area contributed by atoms with Crippen LogP contribution in [0.25, 0.3) is 11.2 Å². The van der Waals surface area contributed by atoms with Crippen LogP contribution in [0, 0.1) is 18.4 Å². The fourth-order valence-corrected chi connectivity index (χ4v) is 4.80. The van der Waals surface area contributed by atoms with Gasteiger partial charge in [0.05, 0.1) is 6.33 Å². The largest absolute Gasteiger partial charge is 0.461 e. The number of hydrogen-bond acceptors (Lipinski definition) is 8. The second-order valence-corrected chi connectivity index (χ2v) is 10.4. The van der Waals surface area contributed by atoms with E-state index < -0.39 is 30.0 Å². The summed E-state index contributed by atoms with van der Waals surface area (Å²) in [4.78, 5) is 36.6. The fourth-order valence-electron chi connectivity index (χ4n) is 4.80. The van der Waals surface area contributed by atoms with Crippen LogP contribution >= 0.6 is 0 Å². The third-order valence-electron chi connectivity index (χ3n) is 7.21. The van der Waals surface area contributed by atoms with Crippen molar-refractivity contribution in [1.82, 2.24) is 19.5 Å². The van der Waals surface area contributed by atoms with E-state index in [4.69, 9.17) is 15.9 Å². The molecule has 2 aromatic rings. The van der Waals surface area contributed by atoms with Crippen molar-refractivity contribution >= 4 is 28.9 Å². The van der Waals surface area contributed by atoms with E-state index in [0.717, 1.165) is 44.9 Å². The number of imidazole rings is 1. The monoisotopic (exact) mass is 559 g/mol. The Kier molecular flexibility index (Phi) is 12.3. The number of halogens is 1. The molecular formula is C29H42FN5O5. The average molecular weight is 560 g/mol. The van der Waals surface area contributed by atoms with E-state index in [0.29, 0.717) is 12.8 Å². The van der Waals surface area contributed by atoms with Gasteiger partial charge in [-0.25, -0.2) is 4.98 Å². The summed E-state index contributed by atoms with van der Waals surface area (Å²) in [5.41, 5.74) is -1.31. The van der Waals surface area contributed by atoms with Crippen molar-refractivity contribution in [2.75, 3.05) is 11.9 Å². The zero-order valence-electron chi connectivity index (χ0n) is 23.7. The first-order valence-corrected chi connectivity index (χ1v) is 14.5. The Bertz CT molecular complexity index is 1170. The lowest BCUT2D eigenvalue weighted by atomic mass is 9.99. The van der Waals surface area contributed by atoms with Crippen LogP contribution in [0.4, 0.5) is 10.2 Å². The molecule has 2 aromatic heterocycles. The Morgan fingerprint density at radius 1 is 1.12 bits per heavy atom. The van der Waals surface area contributed by atoms with Gasteiger partial charge in [0.15, 0.2) is 22.6 Å². The van der Waals surface area contributed by atoms with E-state index in [1.54, 1.807) is 0 Å².